The number of rotatable bonds is 6. The normalized spacial score (nSPS) is 14.2. The zero-order valence-electron chi connectivity index (χ0n) is 15.8. The molecule has 2 aromatic carbocycles. The summed E-state index contributed by atoms with van der Waals surface area (Å²) in [7, 11) is 0. The second-order valence-electron chi connectivity index (χ2n) is 7.12. The third-order valence-electron chi connectivity index (χ3n) is 4.95. The number of nitrogens with zero attached hydrogens (tertiary/aromatic N) is 2. The first-order valence-corrected chi connectivity index (χ1v) is 9.56. The maximum atomic E-state index is 14.0. The average Bonchev–Trinajstić information content (AvgIpc) is 3.23. The van der Waals surface area contributed by atoms with Gasteiger partial charge < -0.3 is 9.47 Å². The minimum atomic E-state index is -0.421. The quantitative estimate of drug-likeness (QED) is 0.548. The third kappa shape index (κ3) is 4.66. The van der Waals surface area contributed by atoms with E-state index in [1.807, 2.05) is 19.1 Å². The Morgan fingerprint density at radius 1 is 1.07 bits per heavy atom. The van der Waals surface area contributed by atoms with E-state index in [0.717, 1.165) is 5.56 Å². The van der Waals surface area contributed by atoms with Gasteiger partial charge in [0, 0.05) is 42.2 Å². The Hall–Kier alpha value is -2.95. The van der Waals surface area contributed by atoms with Crippen molar-refractivity contribution in [2.75, 3.05) is 0 Å². The first kappa shape index (κ1) is 18.4. The van der Waals surface area contributed by atoms with Gasteiger partial charge in [-0.1, -0.05) is 18.9 Å². The second kappa shape index (κ2) is 8.38. The number of aromatic nitrogens is 2. The van der Waals surface area contributed by atoms with Gasteiger partial charge in [0.15, 0.2) is 0 Å². The Morgan fingerprint density at radius 2 is 1.82 bits per heavy atom. The van der Waals surface area contributed by atoms with E-state index in [9.17, 15) is 4.39 Å². The predicted octanol–water partition coefficient (Wildman–Crippen LogP) is 5.75. The molecule has 5 heteroatoms. The topological polar surface area (TPSA) is 44.2 Å². The van der Waals surface area contributed by atoms with Gasteiger partial charge in [-0.2, -0.15) is 0 Å². The molecule has 0 N–H and O–H groups in total. The Labute approximate surface area is 164 Å². The summed E-state index contributed by atoms with van der Waals surface area (Å²) in [5.74, 6) is 2.23. The SMILES string of the molecule is Cc1ncc(COc2cc(F)cc(Oc3[c]cc(C4CCCC4)cc3)c2)cn1. The van der Waals surface area contributed by atoms with Crippen molar-refractivity contribution in [2.45, 2.75) is 45.1 Å². The summed E-state index contributed by atoms with van der Waals surface area (Å²) in [6, 6.07) is 13.4. The number of aryl methyl sites for hydroxylation is 1. The van der Waals surface area contributed by atoms with Crippen LogP contribution in [0.15, 0.2) is 48.8 Å². The number of benzene rings is 2. The summed E-state index contributed by atoms with van der Waals surface area (Å²) >= 11 is 0. The van der Waals surface area contributed by atoms with Crippen LogP contribution in [0.1, 0.15) is 48.6 Å². The van der Waals surface area contributed by atoms with E-state index in [-0.39, 0.29) is 6.61 Å². The summed E-state index contributed by atoms with van der Waals surface area (Å²) in [5.41, 5.74) is 2.11. The smallest absolute Gasteiger partial charge is 0.135 e. The number of hydrogen-bond donors (Lipinski definition) is 0. The zero-order chi connectivity index (χ0) is 19.3. The first-order valence-electron chi connectivity index (χ1n) is 9.56. The lowest BCUT2D eigenvalue weighted by atomic mass is 9.98. The summed E-state index contributed by atoms with van der Waals surface area (Å²) in [6.45, 7) is 2.07. The lowest BCUT2D eigenvalue weighted by Crippen LogP contribution is -1.99. The number of ether oxygens (including phenoxy) is 2. The minimum absolute atomic E-state index is 0.255. The van der Waals surface area contributed by atoms with Crippen LogP contribution in [0.25, 0.3) is 0 Å². The Morgan fingerprint density at radius 3 is 2.54 bits per heavy atom. The summed E-state index contributed by atoms with van der Waals surface area (Å²) in [6.07, 6.45) is 8.46. The first-order chi connectivity index (χ1) is 13.7. The predicted molar refractivity (Wildman–Crippen MR) is 104 cm³/mol. The Kier molecular flexibility index (Phi) is 5.51. The van der Waals surface area contributed by atoms with Gasteiger partial charge in [0.2, 0.25) is 0 Å². The fourth-order valence-corrected chi connectivity index (χ4v) is 3.47. The fourth-order valence-electron chi connectivity index (χ4n) is 3.47. The lowest BCUT2D eigenvalue weighted by molar-refractivity contribution is 0.301. The van der Waals surface area contributed by atoms with E-state index in [0.29, 0.717) is 29.0 Å². The standard InChI is InChI=1S/C23H22FN2O2/c1-16-25-13-17(14-26-16)15-27-22-10-20(24)11-23(12-22)28-21-8-6-19(7-9-21)18-4-2-3-5-18/h6-8,10-14,18H,2-5,15H2,1H3. The highest BCUT2D eigenvalue weighted by molar-refractivity contribution is 5.38. The van der Waals surface area contributed by atoms with E-state index in [4.69, 9.17) is 9.47 Å². The van der Waals surface area contributed by atoms with Crippen molar-refractivity contribution in [2.24, 2.45) is 0 Å². The molecule has 1 aromatic heterocycles. The molecule has 1 aliphatic rings. The van der Waals surface area contributed by atoms with Gasteiger partial charge in [0.25, 0.3) is 0 Å². The molecule has 0 amide bonds. The molecule has 0 unspecified atom stereocenters. The van der Waals surface area contributed by atoms with Gasteiger partial charge >= 0.3 is 0 Å². The molecule has 0 aliphatic heterocycles. The molecular weight excluding hydrogens is 355 g/mol. The van der Waals surface area contributed by atoms with Crippen LogP contribution in [0.3, 0.4) is 0 Å². The molecule has 0 saturated heterocycles. The van der Waals surface area contributed by atoms with Crippen molar-refractivity contribution in [3.05, 3.63) is 77.6 Å². The van der Waals surface area contributed by atoms with Crippen molar-refractivity contribution in [1.82, 2.24) is 9.97 Å². The number of halogens is 1. The van der Waals surface area contributed by atoms with Gasteiger partial charge in [0.05, 0.1) is 0 Å². The monoisotopic (exact) mass is 377 g/mol. The molecule has 3 aromatic rings. The minimum Gasteiger partial charge on any atom is -0.489 e. The molecule has 4 rings (SSSR count). The van der Waals surface area contributed by atoms with E-state index >= 15 is 0 Å². The van der Waals surface area contributed by atoms with Crippen LogP contribution in [0.4, 0.5) is 4.39 Å². The van der Waals surface area contributed by atoms with Gasteiger partial charge in [-0.05, 0) is 43.4 Å². The van der Waals surface area contributed by atoms with Crippen LogP contribution in [0.2, 0.25) is 0 Å². The molecule has 0 spiro atoms. The maximum absolute atomic E-state index is 14.0. The Balaban J connectivity index is 1.42. The van der Waals surface area contributed by atoms with E-state index in [1.54, 1.807) is 18.5 Å². The van der Waals surface area contributed by atoms with E-state index in [1.165, 1.54) is 43.4 Å². The molecule has 0 atom stereocenters. The molecule has 4 nitrogen and oxygen atoms in total. The van der Waals surface area contributed by atoms with Crippen LogP contribution >= 0.6 is 0 Å². The van der Waals surface area contributed by atoms with Crippen LogP contribution in [-0.2, 0) is 6.61 Å². The van der Waals surface area contributed by atoms with Gasteiger partial charge in [-0.15, -0.1) is 0 Å². The lowest BCUT2D eigenvalue weighted by Gasteiger charge is -2.12. The molecule has 143 valence electrons. The summed E-state index contributed by atoms with van der Waals surface area (Å²) in [4.78, 5) is 8.25. The van der Waals surface area contributed by atoms with E-state index in [2.05, 4.69) is 22.1 Å². The highest BCUT2D eigenvalue weighted by Gasteiger charge is 2.17. The molecule has 0 bridgehead atoms. The molecule has 1 fully saturated rings. The molecular formula is C23H22FN2O2. The van der Waals surface area contributed by atoms with Crippen LogP contribution in [-0.4, -0.2) is 9.97 Å². The van der Waals surface area contributed by atoms with Crippen molar-refractivity contribution >= 4 is 0 Å². The highest BCUT2D eigenvalue weighted by Crippen LogP contribution is 2.35. The average molecular weight is 377 g/mol. The van der Waals surface area contributed by atoms with Gasteiger partial charge in [-0.3, -0.25) is 0 Å². The van der Waals surface area contributed by atoms with E-state index < -0.39 is 5.82 Å². The molecule has 28 heavy (non-hydrogen) atoms. The van der Waals surface area contributed by atoms with Crippen molar-refractivity contribution in [3.63, 3.8) is 0 Å². The van der Waals surface area contributed by atoms with Crippen LogP contribution < -0.4 is 9.47 Å². The second-order valence-corrected chi connectivity index (χ2v) is 7.12. The summed E-state index contributed by atoms with van der Waals surface area (Å²) < 4.78 is 25.4. The van der Waals surface area contributed by atoms with Crippen molar-refractivity contribution in [3.8, 4) is 17.2 Å². The maximum Gasteiger partial charge on any atom is 0.135 e. The van der Waals surface area contributed by atoms with Crippen LogP contribution in [0, 0.1) is 18.8 Å². The van der Waals surface area contributed by atoms with Gasteiger partial charge in [-0.25, -0.2) is 14.4 Å². The molecule has 1 heterocycles. The molecule has 1 aliphatic carbocycles. The van der Waals surface area contributed by atoms with Gasteiger partial charge in [0.1, 0.15) is 35.5 Å². The number of hydrogen-bond acceptors (Lipinski definition) is 4. The van der Waals surface area contributed by atoms with Crippen LogP contribution in [0.5, 0.6) is 17.2 Å². The largest absolute Gasteiger partial charge is 0.489 e. The fraction of sp³-hybridized carbons (Fsp3) is 0.304. The van der Waals surface area contributed by atoms with Crippen molar-refractivity contribution in [1.29, 1.82) is 0 Å². The third-order valence-corrected chi connectivity index (χ3v) is 4.95. The Bertz CT molecular complexity index is 920. The molecule has 1 saturated carbocycles. The highest BCUT2D eigenvalue weighted by atomic mass is 19.1. The molecule has 1 radical (unpaired) electrons. The zero-order valence-corrected chi connectivity index (χ0v) is 15.8. The van der Waals surface area contributed by atoms with Crippen molar-refractivity contribution < 1.29 is 13.9 Å². The summed E-state index contributed by atoms with van der Waals surface area (Å²) in [5, 5.41) is 0.